The number of aromatic nitrogens is 3. The Morgan fingerprint density at radius 3 is 2.94 bits per heavy atom. The maximum absolute atomic E-state index is 5.74. The summed E-state index contributed by atoms with van der Waals surface area (Å²) < 4.78 is 7.59. The molecule has 0 fully saturated rings. The summed E-state index contributed by atoms with van der Waals surface area (Å²) in [5.41, 5.74) is 6.58. The van der Waals surface area contributed by atoms with Crippen LogP contribution in [0.3, 0.4) is 0 Å². The summed E-state index contributed by atoms with van der Waals surface area (Å²) in [6, 6.07) is 4.17. The Morgan fingerprint density at radius 1 is 1.44 bits per heavy atom. The fraction of sp³-hybridized carbons (Fsp3) is 0.385. The van der Waals surface area contributed by atoms with Gasteiger partial charge in [0.05, 0.1) is 12.4 Å². The zero-order valence-electron chi connectivity index (χ0n) is 10.7. The van der Waals surface area contributed by atoms with Crippen LogP contribution in [0, 0.1) is 0 Å². The van der Waals surface area contributed by atoms with E-state index in [-0.39, 0.29) is 0 Å². The van der Waals surface area contributed by atoms with Crippen molar-refractivity contribution in [2.24, 2.45) is 5.73 Å². The molecule has 2 aromatic heterocycles. The van der Waals surface area contributed by atoms with Gasteiger partial charge < -0.3 is 10.5 Å². The van der Waals surface area contributed by atoms with E-state index >= 15 is 0 Å². The molecule has 0 amide bonds. The van der Waals surface area contributed by atoms with Gasteiger partial charge in [-0.1, -0.05) is 6.07 Å². The summed E-state index contributed by atoms with van der Waals surface area (Å²) in [7, 11) is 0. The third kappa shape index (κ3) is 2.87. The lowest BCUT2D eigenvalue weighted by molar-refractivity contribution is 0.453. The number of nitrogens with zero attached hydrogens (tertiary/aromatic N) is 3. The number of hydrogen-bond donors (Lipinski definition) is 1. The van der Waals surface area contributed by atoms with Gasteiger partial charge in [0.2, 0.25) is 5.88 Å². The summed E-state index contributed by atoms with van der Waals surface area (Å²) in [4.78, 5) is 4.23. The first-order chi connectivity index (χ1) is 8.70. The summed E-state index contributed by atoms with van der Waals surface area (Å²) >= 11 is 0. The second-order valence-electron chi connectivity index (χ2n) is 4.36. The van der Waals surface area contributed by atoms with E-state index in [1.165, 1.54) is 0 Å². The molecule has 2 N–H and O–H groups in total. The van der Waals surface area contributed by atoms with E-state index < -0.39 is 0 Å². The molecule has 0 atom stereocenters. The Balaban J connectivity index is 2.17. The summed E-state index contributed by atoms with van der Waals surface area (Å²) in [6.45, 7) is 4.71. The van der Waals surface area contributed by atoms with Crippen molar-refractivity contribution in [3.05, 3.63) is 36.3 Å². The quantitative estimate of drug-likeness (QED) is 0.877. The minimum Gasteiger partial charge on any atom is -0.435 e. The lowest BCUT2D eigenvalue weighted by Gasteiger charge is -2.07. The van der Waals surface area contributed by atoms with Crippen LogP contribution in [0.5, 0.6) is 11.6 Å². The Bertz CT molecular complexity index is 507. The Labute approximate surface area is 107 Å². The predicted molar refractivity (Wildman–Crippen MR) is 69.7 cm³/mol. The van der Waals surface area contributed by atoms with Gasteiger partial charge in [0.15, 0.2) is 5.75 Å². The van der Waals surface area contributed by atoms with Crippen LogP contribution in [0.15, 0.2) is 30.7 Å². The molecule has 0 aliphatic rings. The van der Waals surface area contributed by atoms with Crippen molar-refractivity contribution >= 4 is 0 Å². The Hall–Kier alpha value is -1.88. The maximum atomic E-state index is 5.74. The molecule has 18 heavy (non-hydrogen) atoms. The Morgan fingerprint density at radius 2 is 2.28 bits per heavy atom. The molecule has 5 heteroatoms. The molecule has 0 unspecified atom stereocenters. The summed E-state index contributed by atoms with van der Waals surface area (Å²) in [5.74, 6) is 1.30. The van der Waals surface area contributed by atoms with Crippen LogP contribution in [-0.4, -0.2) is 21.3 Å². The van der Waals surface area contributed by atoms with Gasteiger partial charge >= 0.3 is 0 Å². The van der Waals surface area contributed by atoms with E-state index in [4.69, 9.17) is 10.5 Å². The van der Waals surface area contributed by atoms with Crippen molar-refractivity contribution in [3.8, 4) is 11.6 Å². The topological polar surface area (TPSA) is 66.0 Å². The molecule has 2 aromatic rings. The number of hydrogen-bond acceptors (Lipinski definition) is 4. The average Bonchev–Trinajstić information content (AvgIpc) is 2.81. The lowest BCUT2D eigenvalue weighted by atomic mass is 10.2. The molecule has 5 nitrogen and oxygen atoms in total. The van der Waals surface area contributed by atoms with E-state index in [0.717, 1.165) is 12.0 Å². The van der Waals surface area contributed by atoms with E-state index in [1.54, 1.807) is 12.4 Å². The molecule has 0 aliphatic carbocycles. The molecule has 2 rings (SSSR count). The van der Waals surface area contributed by atoms with Crippen LogP contribution < -0.4 is 10.5 Å². The monoisotopic (exact) mass is 246 g/mol. The van der Waals surface area contributed by atoms with E-state index in [9.17, 15) is 0 Å². The van der Waals surface area contributed by atoms with E-state index in [0.29, 0.717) is 24.2 Å². The van der Waals surface area contributed by atoms with Crippen molar-refractivity contribution in [1.29, 1.82) is 0 Å². The van der Waals surface area contributed by atoms with Crippen molar-refractivity contribution < 1.29 is 4.74 Å². The second-order valence-corrected chi connectivity index (χ2v) is 4.36. The predicted octanol–water partition coefficient (Wildman–Crippen LogP) is 2.15. The van der Waals surface area contributed by atoms with Gasteiger partial charge in [0, 0.05) is 17.8 Å². The van der Waals surface area contributed by atoms with Crippen molar-refractivity contribution in [2.45, 2.75) is 26.3 Å². The van der Waals surface area contributed by atoms with Crippen LogP contribution in [0.4, 0.5) is 0 Å². The third-order valence-electron chi connectivity index (χ3n) is 2.59. The first-order valence-corrected chi connectivity index (χ1v) is 6.06. The first kappa shape index (κ1) is 12.6. The molecule has 2 heterocycles. The normalized spacial score (nSPS) is 10.9. The van der Waals surface area contributed by atoms with E-state index in [1.807, 2.05) is 23.0 Å². The van der Waals surface area contributed by atoms with Crippen molar-refractivity contribution in [3.63, 3.8) is 0 Å². The third-order valence-corrected chi connectivity index (χ3v) is 2.59. The highest BCUT2D eigenvalue weighted by atomic mass is 16.5. The summed E-state index contributed by atoms with van der Waals surface area (Å²) in [6.07, 6.45) is 6.02. The van der Waals surface area contributed by atoms with Gasteiger partial charge in [-0.3, -0.25) is 4.68 Å². The fourth-order valence-electron chi connectivity index (χ4n) is 1.63. The Kier molecular flexibility index (Phi) is 3.94. The molecule has 96 valence electrons. The van der Waals surface area contributed by atoms with Crippen LogP contribution in [-0.2, 0) is 6.42 Å². The lowest BCUT2D eigenvalue weighted by Crippen LogP contribution is -2.04. The minimum absolute atomic E-state index is 0.314. The molecule has 0 aliphatic heterocycles. The van der Waals surface area contributed by atoms with Crippen LogP contribution >= 0.6 is 0 Å². The number of rotatable bonds is 5. The van der Waals surface area contributed by atoms with Gasteiger partial charge in [0.25, 0.3) is 0 Å². The largest absolute Gasteiger partial charge is 0.435 e. The highest BCUT2D eigenvalue weighted by molar-refractivity contribution is 5.30. The number of ether oxygens (including phenoxy) is 1. The molecule has 0 radical (unpaired) electrons. The van der Waals surface area contributed by atoms with Gasteiger partial charge in [-0.25, -0.2) is 4.98 Å². The molecule has 0 saturated carbocycles. The van der Waals surface area contributed by atoms with Crippen molar-refractivity contribution in [2.75, 3.05) is 6.54 Å². The summed E-state index contributed by atoms with van der Waals surface area (Å²) in [5, 5.41) is 4.23. The van der Waals surface area contributed by atoms with Crippen molar-refractivity contribution in [1.82, 2.24) is 14.8 Å². The first-order valence-electron chi connectivity index (χ1n) is 6.06. The maximum Gasteiger partial charge on any atom is 0.222 e. The SMILES string of the molecule is CC(C)n1cc(Oc2ncccc2CCN)cn1. The van der Waals surface area contributed by atoms with Crippen LogP contribution in [0.2, 0.25) is 0 Å². The number of pyridine rings is 1. The number of nitrogens with two attached hydrogens (primary N) is 1. The molecular weight excluding hydrogens is 228 g/mol. The average molecular weight is 246 g/mol. The molecule has 0 aromatic carbocycles. The van der Waals surface area contributed by atoms with Crippen LogP contribution in [0.25, 0.3) is 0 Å². The highest BCUT2D eigenvalue weighted by Crippen LogP contribution is 2.23. The second kappa shape index (κ2) is 5.64. The zero-order chi connectivity index (χ0) is 13.0. The standard InChI is InChI=1S/C13H18N4O/c1-10(2)17-9-12(8-16-17)18-13-11(5-6-14)4-3-7-15-13/h3-4,7-10H,5-6,14H2,1-2H3. The van der Waals surface area contributed by atoms with Crippen LogP contribution in [0.1, 0.15) is 25.5 Å². The molecule has 0 bridgehead atoms. The molecular formula is C13H18N4O. The van der Waals surface area contributed by atoms with Gasteiger partial charge in [0.1, 0.15) is 0 Å². The minimum atomic E-state index is 0.314. The van der Waals surface area contributed by atoms with Gasteiger partial charge in [-0.2, -0.15) is 5.10 Å². The fourth-order valence-corrected chi connectivity index (χ4v) is 1.63. The molecule has 0 spiro atoms. The van der Waals surface area contributed by atoms with Gasteiger partial charge in [-0.05, 0) is 32.9 Å². The molecule has 0 saturated heterocycles. The van der Waals surface area contributed by atoms with Gasteiger partial charge in [-0.15, -0.1) is 0 Å². The van der Waals surface area contributed by atoms with E-state index in [2.05, 4.69) is 23.9 Å². The highest BCUT2D eigenvalue weighted by Gasteiger charge is 2.08. The smallest absolute Gasteiger partial charge is 0.222 e. The zero-order valence-corrected chi connectivity index (χ0v) is 10.7.